The second kappa shape index (κ2) is 3.30. The molecule has 1 heterocycles. The van der Waals surface area contributed by atoms with Crippen LogP contribution in [0.1, 0.15) is 6.42 Å². The van der Waals surface area contributed by atoms with E-state index in [4.69, 9.17) is 5.73 Å². The van der Waals surface area contributed by atoms with E-state index >= 15 is 0 Å². The van der Waals surface area contributed by atoms with Gasteiger partial charge in [0.2, 0.25) is 0 Å². The molecule has 1 aliphatic rings. The Morgan fingerprint density at radius 1 is 1.70 bits per heavy atom. The summed E-state index contributed by atoms with van der Waals surface area (Å²) < 4.78 is 12.9. The maximum absolute atomic E-state index is 12.9. The summed E-state index contributed by atoms with van der Waals surface area (Å²) in [5.74, 6) is 0.258. The topological polar surface area (TPSA) is 29.3 Å². The lowest BCUT2D eigenvalue weighted by Crippen LogP contribution is -2.48. The van der Waals surface area contributed by atoms with Gasteiger partial charge in [0.1, 0.15) is 6.17 Å². The zero-order valence-electron chi connectivity index (χ0n) is 6.39. The Balaban J connectivity index is 2.11. The van der Waals surface area contributed by atoms with Gasteiger partial charge in [-0.1, -0.05) is 0 Å². The summed E-state index contributed by atoms with van der Waals surface area (Å²) in [4.78, 5) is 2.12. The fraction of sp³-hybridized carbons (Fsp3) is 1.00. The van der Waals surface area contributed by atoms with Crippen LogP contribution in [-0.2, 0) is 0 Å². The Morgan fingerprint density at radius 2 is 2.30 bits per heavy atom. The van der Waals surface area contributed by atoms with Crippen LogP contribution in [0.15, 0.2) is 0 Å². The largest absolute Gasteiger partial charge is 0.330 e. The molecule has 0 aromatic heterocycles. The smallest absolute Gasteiger partial charge is 0.107 e. The molecular weight excluding hydrogens is 131 g/mol. The van der Waals surface area contributed by atoms with Crippen molar-refractivity contribution in [2.24, 2.45) is 11.7 Å². The number of nitrogens with zero attached hydrogens (tertiary/aromatic N) is 1. The quantitative estimate of drug-likeness (QED) is 0.617. The molecule has 0 saturated carbocycles. The van der Waals surface area contributed by atoms with Crippen LogP contribution in [0.2, 0.25) is 0 Å². The Bertz CT molecular complexity index is 99.0. The molecule has 1 atom stereocenters. The van der Waals surface area contributed by atoms with Crippen molar-refractivity contribution >= 4 is 0 Å². The first kappa shape index (κ1) is 7.95. The lowest BCUT2D eigenvalue weighted by atomic mass is 9.94. The lowest BCUT2D eigenvalue weighted by Gasteiger charge is -2.38. The van der Waals surface area contributed by atoms with Crippen LogP contribution in [0.4, 0.5) is 4.39 Å². The van der Waals surface area contributed by atoms with Crippen molar-refractivity contribution in [1.29, 1.82) is 0 Å². The van der Waals surface area contributed by atoms with Gasteiger partial charge in [-0.15, -0.1) is 0 Å². The van der Waals surface area contributed by atoms with Crippen LogP contribution >= 0.6 is 0 Å². The summed E-state index contributed by atoms with van der Waals surface area (Å²) in [7, 11) is 2.01. The molecule has 0 spiro atoms. The third-order valence-corrected chi connectivity index (χ3v) is 2.05. The van der Waals surface area contributed by atoms with E-state index in [1.807, 2.05) is 7.05 Å². The highest BCUT2D eigenvalue weighted by Crippen LogP contribution is 2.21. The molecule has 0 amide bonds. The van der Waals surface area contributed by atoms with Crippen molar-refractivity contribution < 1.29 is 4.39 Å². The molecule has 0 radical (unpaired) electrons. The number of rotatable bonds is 3. The predicted octanol–water partition coefficient (Wildman–Crippen LogP) is 0.235. The minimum Gasteiger partial charge on any atom is -0.330 e. The van der Waals surface area contributed by atoms with Crippen molar-refractivity contribution in [2.75, 3.05) is 26.7 Å². The highest BCUT2D eigenvalue weighted by molar-refractivity contribution is 4.82. The van der Waals surface area contributed by atoms with Crippen molar-refractivity contribution in [1.82, 2.24) is 4.90 Å². The van der Waals surface area contributed by atoms with E-state index in [-0.39, 0.29) is 5.92 Å². The highest BCUT2D eigenvalue weighted by Gasteiger charge is 2.30. The molecule has 0 aliphatic carbocycles. The van der Waals surface area contributed by atoms with Crippen LogP contribution in [-0.4, -0.2) is 37.8 Å². The fourth-order valence-electron chi connectivity index (χ4n) is 1.37. The van der Waals surface area contributed by atoms with Gasteiger partial charge in [0.05, 0.1) is 0 Å². The molecule has 60 valence electrons. The number of halogens is 1. The minimum absolute atomic E-state index is 0.258. The maximum atomic E-state index is 12.9. The minimum atomic E-state index is -0.666. The monoisotopic (exact) mass is 146 g/mol. The lowest BCUT2D eigenvalue weighted by molar-refractivity contribution is 0.0570. The van der Waals surface area contributed by atoms with Crippen LogP contribution in [0.25, 0.3) is 0 Å². The average molecular weight is 146 g/mol. The fourth-order valence-corrected chi connectivity index (χ4v) is 1.37. The molecule has 1 rings (SSSR count). The Labute approximate surface area is 61.2 Å². The van der Waals surface area contributed by atoms with Gasteiger partial charge in [-0.05, 0) is 20.0 Å². The molecule has 0 bridgehead atoms. The van der Waals surface area contributed by atoms with Gasteiger partial charge in [0.25, 0.3) is 0 Å². The third kappa shape index (κ3) is 1.67. The van der Waals surface area contributed by atoms with E-state index in [0.29, 0.717) is 13.0 Å². The second-order valence-electron chi connectivity index (χ2n) is 3.07. The summed E-state index contributed by atoms with van der Waals surface area (Å²) in [6.07, 6.45) is -0.139. The van der Waals surface area contributed by atoms with Gasteiger partial charge in [0, 0.05) is 19.0 Å². The van der Waals surface area contributed by atoms with Crippen molar-refractivity contribution in [3.63, 3.8) is 0 Å². The summed E-state index contributed by atoms with van der Waals surface area (Å²) in [5.41, 5.74) is 5.23. The van der Waals surface area contributed by atoms with Gasteiger partial charge in [-0.25, -0.2) is 4.39 Å². The molecule has 3 heteroatoms. The Kier molecular flexibility index (Phi) is 2.63. The molecule has 1 aliphatic heterocycles. The van der Waals surface area contributed by atoms with Gasteiger partial charge in [-0.2, -0.15) is 0 Å². The SMILES string of the molecule is CN1CC(C(F)CCN)C1. The first-order valence-corrected chi connectivity index (χ1v) is 3.76. The van der Waals surface area contributed by atoms with E-state index in [9.17, 15) is 4.39 Å². The van der Waals surface area contributed by atoms with Crippen LogP contribution in [0, 0.1) is 5.92 Å². The van der Waals surface area contributed by atoms with Crippen LogP contribution in [0.3, 0.4) is 0 Å². The zero-order valence-corrected chi connectivity index (χ0v) is 6.39. The number of nitrogens with two attached hydrogens (primary N) is 1. The molecule has 2 N–H and O–H groups in total. The number of hydrogen-bond donors (Lipinski definition) is 1. The van der Waals surface area contributed by atoms with E-state index < -0.39 is 6.17 Å². The van der Waals surface area contributed by atoms with Gasteiger partial charge >= 0.3 is 0 Å². The average Bonchev–Trinajstić information content (AvgIpc) is 1.82. The van der Waals surface area contributed by atoms with Crippen LogP contribution < -0.4 is 5.73 Å². The molecule has 0 aromatic rings. The number of alkyl halides is 1. The molecule has 0 aromatic carbocycles. The van der Waals surface area contributed by atoms with Gasteiger partial charge in [0.15, 0.2) is 0 Å². The van der Waals surface area contributed by atoms with E-state index in [1.54, 1.807) is 0 Å². The number of likely N-dealkylation sites (tertiary alicyclic amines) is 1. The van der Waals surface area contributed by atoms with Gasteiger partial charge < -0.3 is 10.6 Å². The van der Waals surface area contributed by atoms with Crippen LogP contribution in [0.5, 0.6) is 0 Å². The van der Waals surface area contributed by atoms with E-state index in [0.717, 1.165) is 13.1 Å². The maximum Gasteiger partial charge on any atom is 0.107 e. The first-order chi connectivity index (χ1) is 4.74. The highest BCUT2D eigenvalue weighted by atomic mass is 19.1. The first-order valence-electron chi connectivity index (χ1n) is 3.76. The van der Waals surface area contributed by atoms with Crippen molar-refractivity contribution in [3.8, 4) is 0 Å². The summed E-state index contributed by atoms with van der Waals surface area (Å²) in [6, 6.07) is 0. The zero-order chi connectivity index (χ0) is 7.56. The molecular formula is C7H15FN2. The molecule has 1 saturated heterocycles. The van der Waals surface area contributed by atoms with Crippen molar-refractivity contribution in [3.05, 3.63) is 0 Å². The normalized spacial score (nSPS) is 24.3. The van der Waals surface area contributed by atoms with Crippen molar-refractivity contribution in [2.45, 2.75) is 12.6 Å². The summed E-state index contributed by atoms with van der Waals surface area (Å²) in [5, 5.41) is 0. The molecule has 10 heavy (non-hydrogen) atoms. The Hall–Kier alpha value is -0.150. The Morgan fingerprint density at radius 3 is 2.70 bits per heavy atom. The number of hydrogen-bond acceptors (Lipinski definition) is 2. The van der Waals surface area contributed by atoms with E-state index in [2.05, 4.69) is 4.90 Å². The van der Waals surface area contributed by atoms with E-state index in [1.165, 1.54) is 0 Å². The summed E-state index contributed by atoms with van der Waals surface area (Å²) >= 11 is 0. The van der Waals surface area contributed by atoms with Gasteiger partial charge in [-0.3, -0.25) is 0 Å². The molecule has 1 unspecified atom stereocenters. The third-order valence-electron chi connectivity index (χ3n) is 2.05. The standard InChI is InChI=1S/C7H15FN2/c1-10-4-6(5-10)7(8)2-3-9/h6-7H,2-5,9H2,1H3. The predicted molar refractivity (Wildman–Crippen MR) is 39.6 cm³/mol. The molecule has 1 fully saturated rings. The summed E-state index contributed by atoms with van der Waals surface area (Å²) in [6.45, 7) is 2.28. The molecule has 2 nitrogen and oxygen atoms in total. The second-order valence-corrected chi connectivity index (χ2v) is 3.07.